The highest BCUT2D eigenvalue weighted by Crippen LogP contribution is 2.14. The molecule has 2 N–H and O–H groups in total. The number of anilines is 1. The summed E-state index contributed by atoms with van der Waals surface area (Å²) in [4.78, 5) is 51.6. The van der Waals surface area contributed by atoms with Crippen molar-refractivity contribution in [2.75, 3.05) is 11.4 Å². The smallest absolute Gasteiger partial charge is 0.339 e. The van der Waals surface area contributed by atoms with Gasteiger partial charge in [0.2, 0.25) is 5.91 Å². The van der Waals surface area contributed by atoms with Gasteiger partial charge in [0, 0.05) is 19.2 Å². The number of fused-ring (bicyclic) bond motifs is 1. The Morgan fingerprint density at radius 2 is 2.09 bits per heavy atom. The van der Waals surface area contributed by atoms with E-state index in [0.717, 1.165) is 15.5 Å². The predicted octanol–water partition coefficient (Wildman–Crippen LogP) is -0.161. The van der Waals surface area contributed by atoms with E-state index in [1.165, 1.54) is 18.3 Å². The van der Waals surface area contributed by atoms with Gasteiger partial charge in [0.15, 0.2) is 5.65 Å². The van der Waals surface area contributed by atoms with Crippen molar-refractivity contribution in [3.8, 4) is 0 Å². The Kier molecular flexibility index (Phi) is 3.09. The molecule has 0 atom stereocenters. The molecule has 0 unspecified atom stereocenters. The highest BCUT2D eigenvalue weighted by Gasteiger charge is 2.27. The zero-order valence-corrected chi connectivity index (χ0v) is 11.1. The van der Waals surface area contributed by atoms with Crippen molar-refractivity contribution >= 4 is 29.2 Å². The molecule has 3 rings (SSSR count). The van der Waals surface area contributed by atoms with Gasteiger partial charge in [0.1, 0.15) is 11.3 Å². The Morgan fingerprint density at radius 1 is 1.32 bits per heavy atom. The molecular weight excluding hydrogens is 292 g/mol. The quantitative estimate of drug-likeness (QED) is 0.795. The van der Waals surface area contributed by atoms with E-state index < -0.39 is 23.5 Å². The summed E-state index contributed by atoms with van der Waals surface area (Å²) in [6.07, 6.45) is 2.58. The third kappa shape index (κ3) is 2.08. The number of carboxylic acids is 1. The van der Waals surface area contributed by atoms with E-state index in [0.29, 0.717) is 0 Å². The molecular formula is C13H10N4O5. The summed E-state index contributed by atoms with van der Waals surface area (Å²) in [5.41, 5.74) is -0.746. The highest BCUT2D eigenvalue weighted by atomic mass is 16.4. The van der Waals surface area contributed by atoms with Crippen LogP contribution in [0.1, 0.15) is 16.8 Å². The van der Waals surface area contributed by atoms with Gasteiger partial charge < -0.3 is 5.11 Å². The molecule has 0 aliphatic carbocycles. The van der Waals surface area contributed by atoms with Gasteiger partial charge in [0.05, 0.1) is 6.20 Å². The molecule has 9 nitrogen and oxygen atoms in total. The second kappa shape index (κ2) is 4.95. The number of carbonyl (C=O) groups excluding carboxylic acids is 2. The molecule has 0 spiro atoms. The van der Waals surface area contributed by atoms with Gasteiger partial charge in [-0.25, -0.2) is 14.6 Å². The normalized spacial score (nSPS) is 15.0. The first kappa shape index (κ1) is 13.7. The van der Waals surface area contributed by atoms with Crippen molar-refractivity contribution in [1.82, 2.24) is 14.7 Å². The third-order valence-electron chi connectivity index (χ3n) is 3.29. The predicted molar refractivity (Wildman–Crippen MR) is 73.9 cm³/mol. The summed E-state index contributed by atoms with van der Waals surface area (Å²) in [6.45, 7) is 0.0618. The lowest BCUT2D eigenvalue weighted by Gasteiger charge is -2.25. The van der Waals surface area contributed by atoms with Crippen molar-refractivity contribution in [2.45, 2.75) is 6.42 Å². The summed E-state index contributed by atoms with van der Waals surface area (Å²) >= 11 is 0. The van der Waals surface area contributed by atoms with E-state index in [-0.39, 0.29) is 29.9 Å². The minimum atomic E-state index is -1.21. The van der Waals surface area contributed by atoms with Crippen LogP contribution in [0.5, 0.6) is 0 Å². The van der Waals surface area contributed by atoms with E-state index in [2.05, 4.69) is 10.3 Å². The van der Waals surface area contributed by atoms with E-state index in [9.17, 15) is 19.2 Å². The van der Waals surface area contributed by atoms with E-state index in [1.54, 1.807) is 0 Å². The molecule has 3 amide bonds. The van der Waals surface area contributed by atoms with E-state index in [1.807, 2.05) is 0 Å². The molecule has 0 radical (unpaired) electrons. The van der Waals surface area contributed by atoms with Crippen LogP contribution in [0.2, 0.25) is 0 Å². The maximum absolute atomic E-state index is 12.5. The highest BCUT2D eigenvalue weighted by molar-refractivity contribution is 6.05. The first-order valence-corrected chi connectivity index (χ1v) is 6.34. The molecule has 2 aromatic rings. The number of pyridine rings is 1. The Bertz CT molecular complexity index is 872. The van der Waals surface area contributed by atoms with Crippen LogP contribution in [-0.4, -0.2) is 38.9 Å². The Morgan fingerprint density at radius 3 is 2.77 bits per heavy atom. The molecule has 2 aromatic heterocycles. The van der Waals surface area contributed by atoms with Crippen LogP contribution in [0.15, 0.2) is 29.3 Å². The maximum atomic E-state index is 12.5. The molecule has 3 heterocycles. The van der Waals surface area contributed by atoms with Crippen LogP contribution in [0.4, 0.5) is 10.5 Å². The molecule has 9 heteroatoms. The van der Waals surface area contributed by atoms with Crippen molar-refractivity contribution in [3.63, 3.8) is 0 Å². The SMILES string of the molecule is O=C1CCN(c2cnc3c(C(=O)O)cccn3c2=O)C(=O)N1. The molecule has 1 aliphatic heterocycles. The average Bonchev–Trinajstić information content (AvgIpc) is 2.48. The van der Waals surface area contributed by atoms with Gasteiger partial charge in [0.25, 0.3) is 5.56 Å². The number of amides is 3. The number of nitrogens with one attached hydrogen (secondary N) is 1. The number of hydrogen-bond donors (Lipinski definition) is 2. The number of urea groups is 1. The van der Waals surface area contributed by atoms with Gasteiger partial charge in [-0.2, -0.15) is 0 Å². The first-order chi connectivity index (χ1) is 10.5. The minimum Gasteiger partial charge on any atom is -0.478 e. The molecule has 1 aliphatic rings. The lowest BCUT2D eigenvalue weighted by molar-refractivity contribution is -0.120. The van der Waals surface area contributed by atoms with Crippen molar-refractivity contribution < 1.29 is 19.5 Å². The van der Waals surface area contributed by atoms with Crippen LogP contribution in [0, 0.1) is 0 Å². The second-order valence-electron chi connectivity index (χ2n) is 4.62. The number of rotatable bonds is 2. The number of aromatic carboxylic acids is 1. The fourth-order valence-electron chi connectivity index (χ4n) is 2.24. The van der Waals surface area contributed by atoms with Crippen molar-refractivity contribution in [2.24, 2.45) is 0 Å². The van der Waals surface area contributed by atoms with Crippen molar-refractivity contribution in [3.05, 3.63) is 40.4 Å². The molecule has 0 aromatic carbocycles. The third-order valence-corrected chi connectivity index (χ3v) is 3.29. The summed E-state index contributed by atoms with van der Waals surface area (Å²) in [6, 6.07) is 2.03. The lowest BCUT2D eigenvalue weighted by atomic mass is 10.2. The van der Waals surface area contributed by atoms with Crippen molar-refractivity contribution in [1.29, 1.82) is 0 Å². The maximum Gasteiger partial charge on any atom is 0.339 e. The number of hydrogen-bond acceptors (Lipinski definition) is 5. The molecule has 1 saturated heterocycles. The molecule has 0 saturated carbocycles. The molecule has 22 heavy (non-hydrogen) atoms. The largest absolute Gasteiger partial charge is 0.478 e. The number of imide groups is 1. The monoisotopic (exact) mass is 302 g/mol. The van der Waals surface area contributed by atoms with Crippen LogP contribution in [-0.2, 0) is 4.79 Å². The summed E-state index contributed by atoms with van der Waals surface area (Å²) in [5.74, 6) is -1.62. The number of carboxylic acid groups (broad SMARTS) is 1. The van der Waals surface area contributed by atoms with Gasteiger partial charge in [-0.3, -0.25) is 24.2 Å². The van der Waals surface area contributed by atoms with Gasteiger partial charge in [-0.15, -0.1) is 0 Å². The fourth-order valence-corrected chi connectivity index (χ4v) is 2.24. The zero-order chi connectivity index (χ0) is 15.9. The minimum absolute atomic E-state index is 0.0164. The molecule has 1 fully saturated rings. The topological polar surface area (TPSA) is 121 Å². The van der Waals surface area contributed by atoms with Gasteiger partial charge in [-0.05, 0) is 12.1 Å². The van der Waals surface area contributed by atoms with E-state index >= 15 is 0 Å². The Balaban J connectivity index is 2.16. The van der Waals surface area contributed by atoms with Crippen LogP contribution < -0.4 is 15.8 Å². The Labute approximate surface area is 122 Å². The zero-order valence-electron chi connectivity index (χ0n) is 11.1. The molecule has 0 bridgehead atoms. The van der Waals surface area contributed by atoms with Crippen LogP contribution in [0.25, 0.3) is 5.65 Å². The summed E-state index contributed by atoms with van der Waals surface area (Å²) in [7, 11) is 0. The number of carbonyl (C=O) groups is 3. The number of aromatic nitrogens is 2. The average molecular weight is 302 g/mol. The summed E-state index contributed by atoms with van der Waals surface area (Å²) < 4.78 is 1.06. The van der Waals surface area contributed by atoms with Gasteiger partial charge in [-0.1, -0.05) is 0 Å². The van der Waals surface area contributed by atoms with Crippen LogP contribution in [0.3, 0.4) is 0 Å². The first-order valence-electron chi connectivity index (χ1n) is 6.34. The Hall–Kier alpha value is -3.23. The standard InChI is InChI=1S/C13H10N4O5/c18-9-3-5-16(13(22)15-9)8-6-14-10-7(12(20)21)2-1-4-17(10)11(8)19/h1-2,4,6H,3,5H2,(H,20,21)(H,15,18,22). The lowest BCUT2D eigenvalue weighted by Crippen LogP contribution is -2.51. The second-order valence-corrected chi connectivity index (χ2v) is 4.62. The molecule has 112 valence electrons. The van der Waals surface area contributed by atoms with Gasteiger partial charge >= 0.3 is 12.0 Å². The number of nitrogens with zero attached hydrogens (tertiary/aromatic N) is 3. The van der Waals surface area contributed by atoms with E-state index in [4.69, 9.17) is 5.11 Å². The fraction of sp³-hybridized carbons (Fsp3) is 0.154. The van der Waals surface area contributed by atoms with Crippen LogP contribution >= 0.6 is 0 Å². The summed E-state index contributed by atoms with van der Waals surface area (Å²) in [5, 5.41) is 11.2.